The van der Waals surface area contributed by atoms with Crippen LogP contribution in [0.5, 0.6) is 0 Å². The first-order valence-electron chi connectivity index (χ1n) is 6.59. The maximum absolute atomic E-state index is 11.9. The Labute approximate surface area is 130 Å². The molecule has 0 bridgehead atoms. The van der Waals surface area contributed by atoms with Crippen LogP contribution < -0.4 is 10.9 Å². The van der Waals surface area contributed by atoms with E-state index in [1.54, 1.807) is 0 Å². The molecule has 0 radical (unpaired) electrons. The highest BCUT2D eigenvalue weighted by atomic mass is 35.5. The van der Waals surface area contributed by atoms with Gasteiger partial charge >= 0.3 is 0 Å². The largest absolute Gasteiger partial charge is 0.308 e. The van der Waals surface area contributed by atoms with Crippen LogP contribution in [0.3, 0.4) is 0 Å². The fourth-order valence-electron chi connectivity index (χ4n) is 2.19. The Kier molecular flexibility index (Phi) is 4.05. The molecule has 1 atom stereocenters. The number of hydrogen-bond donors (Lipinski definition) is 2. The first-order chi connectivity index (χ1) is 10.1. The maximum Gasteiger partial charge on any atom is 0.268 e. The smallest absolute Gasteiger partial charge is 0.268 e. The lowest BCUT2D eigenvalue weighted by atomic mass is 10.1. The highest BCUT2D eigenvalue weighted by molar-refractivity contribution is 7.17. The average molecular weight is 320 g/mol. The van der Waals surface area contributed by atoms with Crippen molar-refractivity contribution in [2.24, 2.45) is 0 Å². The van der Waals surface area contributed by atoms with Gasteiger partial charge < -0.3 is 10.3 Å². The van der Waals surface area contributed by atoms with Crippen LogP contribution >= 0.6 is 22.9 Å². The molecule has 1 unspecified atom stereocenters. The zero-order chi connectivity index (χ0) is 14.8. The van der Waals surface area contributed by atoms with Gasteiger partial charge in [-0.2, -0.15) is 0 Å². The summed E-state index contributed by atoms with van der Waals surface area (Å²) in [6.07, 6.45) is 0. The van der Waals surface area contributed by atoms with Gasteiger partial charge in [-0.05, 0) is 30.0 Å². The molecule has 0 aliphatic heterocycles. The highest BCUT2D eigenvalue weighted by Crippen LogP contribution is 2.22. The minimum atomic E-state index is -0.0859. The molecule has 0 spiro atoms. The van der Waals surface area contributed by atoms with Crippen LogP contribution in [-0.2, 0) is 6.54 Å². The van der Waals surface area contributed by atoms with Crippen LogP contribution in [-0.4, -0.2) is 9.97 Å². The first-order valence-corrected chi connectivity index (χ1v) is 7.85. The lowest BCUT2D eigenvalue weighted by molar-refractivity contribution is 0.560. The van der Waals surface area contributed by atoms with E-state index in [-0.39, 0.29) is 11.6 Å². The summed E-state index contributed by atoms with van der Waals surface area (Å²) in [6, 6.07) is 9.64. The Morgan fingerprint density at radius 2 is 2.19 bits per heavy atom. The summed E-state index contributed by atoms with van der Waals surface area (Å²) < 4.78 is 0.665. The number of aromatic nitrogens is 2. The SMILES string of the molecule is CC(NCc1nc2ccsc2c(=O)[nH]1)c1ccccc1Cl. The average Bonchev–Trinajstić information content (AvgIpc) is 2.94. The second-order valence-electron chi connectivity index (χ2n) is 4.77. The third-order valence-corrected chi connectivity index (χ3v) is 4.56. The second-order valence-corrected chi connectivity index (χ2v) is 6.10. The molecule has 0 fully saturated rings. The van der Waals surface area contributed by atoms with E-state index in [9.17, 15) is 4.79 Å². The van der Waals surface area contributed by atoms with E-state index in [0.717, 1.165) is 16.1 Å². The molecule has 0 aliphatic carbocycles. The van der Waals surface area contributed by atoms with Gasteiger partial charge in [-0.3, -0.25) is 4.79 Å². The Bertz CT molecular complexity index is 827. The van der Waals surface area contributed by atoms with Gasteiger partial charge in [0.05, 0.1) is 12.1 Å². The fraction of sp³-hybridized carbons (Fsp3) is 0.200. The highest BCUT2D eigenvalue weighted by Gasteiger charge is 2.10. The third kappa shape index (κ3) is 3.00. The maximum atomic E-state index is 11.9. The molecular formula is C15H14ClN3OS. The molecule has 3 aromatic rings. The van der Waals surface area contributed by atoms with Gasteiger partial charge in [0.25, 0.3) is 5.56 Å². The van der Waals surface area contributed by atoms with Gasteiger partial charge in [0, 0.05) is 11.1 Å². The van der Waals surface area contributed by atoms with Crippen LogP contribution in [0.4, 0.5) is 0 Å². The van der Waals surface area contributed by atoms with Crippen molar-refractivity contribution in [2.75, 3.05) is 0 Å². The summed E-state index contributed by atoms with van der Waals surface area (Å²) in [4.78, 5) is 19.1. The van der Waals surface area contributed by atoms with E-state index in [1.807, 2.05) is 42.6 Å². The zero-order valence-corrected chi connectivity index (χ0v) is 13.0. The molecule has 0 aliphatic rings. The van der Waals surface area contributed by atoms with E-state index >= 15 is 0 Å². The number of fused-ring (bicyclic) bond motifs is 1. The van der Waals surface area contributed by atoms with Gasteiger partial charge in [0.1, 0.15) is 10.5 Å². The van der Waals surface area contributed by atoms with Crippen LogP contribution in [0.25, 0.3) is 10.2 Å². The molecule has 2 N–H and O–H groups in total. The minimum absolute atomic E-state index is 0.0715. The van der Waals surface area contributed by atoms with Gasteiger partial charge in [0.15, 0.2) is 0 Å². The normalized spacial score (nSPS) is 12.7. The number of aromatic amines is 1. The van der Waals surface area contributed by atoms with E-state index in [0.29, 0.717) is 17.1 Å². The van der Waals surface area contributed by atoms with Crippen molar-refractivity contribution in [2.45, 2.75) is 19.5 Å². The summed E-state index contributed by atoms with van der Waals surface area (Å²) in [6.45, 7) is 2.51. The quantitative estimate of drug-likeness (QED) is 0.774. The second kappa shape index (κ2) is 5.97. The molecule has 21 heavy (non-hydrogen) atoms. The zero-order valence-electron chi connectivity index (χ0n) is 11.4. The van der Waals surface area contributed by atoms with Crippen molar-refractivity contribution in [3.05, 3.63) is 62.5 Å². The Hall–Kier alpha value is -1.69. The van der Waals surface area contributed by atoms with Gasteiger partial charge in [-0.15, -0.1) is 11.3 Å². The van der Waals surface area contributed by atoms with Crippen molar-refractivity contribution >= 4 is 33.2 Å². The fourth-order valence-corrected chi connectivity index (χ4v) is 3.22. The Balaban J connectivity index is 1.77. The lowest BCUT2D eigenvalue weighted by Crippen LogP contribution is -2.22. The summed E-state index contributed by atoms with van der Waals surface area (Å²) in [7, 11) is 0. The molecule has 4 nitrogen and oxygen atoms in total. The van der Waals surface area contributed by atoms with E-state index in [1.165, 1.54) is 11.3 Å². The van der Waals surface area contributed by atoms with Gasteiger partial charge in [-0.25, -0.2) is 4.98 Å². The standard InChI is InChI=1S/C15H14ClN3OS/c1-9(10-4-2-3-5-11(10)16)17-8-13-18-12-6-7-21-14(12)15(20)19-13/h2-7,9,17H,8H2,1H3,(H,18,19,20). The molecule has 0 saturated carbocycles. The number of thiophene rings is 1. The van der Waals surface area contributed by atoms with Crippen LogP contribution in [0, 0.1) is 0 Å². The topological polar surface area (TPSA) is 57.8 Å². The number of H-pyrrole nitrogens is 1. The number of hydrogen-bond acceptors (Lipinski definition) is 4. The third-order valence-electron chi connectivity index (χ3n) is 3.31. The van der Waals surface area contributed by atoms with Gasteiger partial charge in [-0.1, -0.05) is 29.8 Å². The summed E-state index contributed by atoms with van der Waals surface area (Å²) in [5, 5.41) is 5.93. The summed E-state index contributed by atoms with van der Waals surface area (Å²) in [5.41, 5.74) is 1.68. The molecule has 2 aromatic heterocycles. The van der Waals surface area contributed by atoms with Crippen molar-refractivity contribution in [3.8, 4) is 0 Å². The summed E-state index contributed by atoms with van der Waals surface area (Å²) >= 11 is 7.58. The first kappa shape index (κ1) is 14.3. The number of benzene rings is 1. The van der Waals surface area contributed by atoms with E-state index in [4.69, 9.17) is 11.6 Å². The van der Waals surface area contributed by atoms with Gasteiger partial charge in [0.2, 0.25) is 0 Å². The van der Waals surface area contributed by atoms with Crippen molar-refractivity contribution < 1.29 is 0 Å². The molecule has 6 heteroatoms. The number of nitrogens with one attached hydrogen (secondary N) is 2. The predicted molar refractivity (Wildman–Crippen MR) is 86.9 cm³/mol. The predicted octanol–water partition coefficient (Wildman–Crippen LogP) is 3.49. The number of nitrogens with zero attached hydrogens (tertiary/aromatic N) is 1. The number of halogens is 1. The van der Waals surface area contributed by atoms with Crippen LogP contribution in [0.1, 0.15) is 24.4 Å². The Morgan fingerprint density at radius 3 is 3.00 bits per heavy atom. The van der Waals surface area contributed by atoms with Crippen LogP contribution in [0.2, 0.25) is 5.02 Å². The van der Waals surface area contributed by atoms with Crippen molar-refractivity contribution in [1.82, 2.24) is 15.3 Å². The Morgan fingerprint density at radius 1 is 1.38 bits per heavy atom. The molecule has 1 aromatic carbocycles. The molecule has 0 saturated heterocycles. The molecule has 3 rings (SSSR count). The molecular weight excluding hydrogens is 306 g/mol. The summed E-state index contributed by atoms with van der Waals surface area (Å²) in [5.74, 6) is 0.629. The van der Waals surface area contributed by atoms with E-state index in [2.05, 4.69) is 15.3 Å². The minimum Gasteiger partial charge on any atom is -0.308 e. The van der Waals surface area contributed by atoms with Crippen LogP contribution in [0.15, 0.2) is 40.5 Å². The molecule has 2 heterocycles. The number of rotatable bonds is 4. The molecule has 0 amide bonds. The monoisotopic (exact) mass is 319 g/mol. The van der Waals surface area contributed by atoms with Crippen molar-refractivity contribution in [1.29, 1.82) is 0 Å². The molecule has 108 valence electrons. The van der Waals surface area contributed by atoms with E-state index < -0.39 is 0 Å². The lowest BCUT2D eigenvalue weighted by Gasteiger charge is -2.15. The van der Waals surface area contributed by atoms with Crippen molar-refractivity contribution in [3.63, 3.8) is 0 Å².